The third-order valence-electron chi connectivity index (χ3n) is 2.98. The lowest BCUT2D eigenvalue weighted by Gasteiger charge is -2.04. The molecule has 0 aliphatic heterocycles. The third kappa shape index (κ3) is 3.07. The van der Waals surface area contributed by atoms with Crippen LogP contribution in [0, 0.1) is 3.57 Å². The van der Waals surface area contributed by atoms with Crippen molar-refractivity contribution in [1.29, 1.82) is 0 Å². The molecule has 0 aliphatic carbocycles. The van der Waals surface area contributed by atoms with Crippen LogP contribution in [-0.4, -0.2) is 5.91 Å². The Morgan fingerprint density at radius 2 is 2.05 bits per heavy atom. The fourth-order valence-electron chi connectivity index (χ4n) is 2.01. The van der Waals surface area contributed by atoms with Gasteiger partial charge in [-0.2, -0.15) is 0 Å². The predicted molar refractivity (Wildman–Crippen MR) is 101 cm³/mol. The highest BCUT2D eigenvalue weighted by Gasteiger charge is 2.16. The van der Waals surface area contributed by atoms with Gasteiger partial charge in [-0.15, -0.1) is 11.3 Å². The number of benzene rings is 2. The quantitative estimate of drug-likeness (QED) is 0.509. The number of anilines is 2. The van der Waals surface area contributed by atoms with Gasteiger partial charge < -0.3 is 11.1 Å². The van der Waals surface area contributed by atoms with Gasteiger partial charge in [0.1, 0.15) is 4.88 Å². The van der Waals surface area contributed by atoms with Gasteiger partial charge in [0.2, 0.25) is 0 Å². The number of nitrogen functional groups attached to an aromatic ring is 1. The van der Waals surface area contributed by atoms with Crippen LogP contribution in [0.25, 0.3) is 10.1 Å². The van der Waals surface area contributed by atoms with E-state index >= 15 is 0 Å². The number of hydrogen-bond acceptors (Lipinski definition) is 3. The minimum atomic E-state index is -0.174. The zero-order valence-corrected chi connectivity index (χ0v) is 15.3. The van der Waals surface area contributed by atoms with Crippen molar-refractivity contribution in [2.75, 3.05) is 11.1 Å². The molecule has 0 unspecified atom stereocenters. The van der Waals surface area contributed by atoms with Crippen molar-refractivity contribution < 1.29 is 4.79 Å². The maximum absolute atomic E-state index is 12.4. The van der Waals surface area contributed by atoms with E-state index in [1.807, 2.05) is 42.5 Å². The summed E-state index contributed by atoms with van der Waals surface area (Å²) in [5, 5.41) is 3.80. The van der Waals surface area contributed by atoms with E-state index in [2.05, 4.69) is 43.8 Å². The molecule has 0 atom stereocenters. The average molecular weight is 473 g/mol. The van der Waals surface area contributed by atoms with Crippen LogP contribution in [0.5, 0.6) is 0 Å². The number of rotatable bonds is 2. The van der Waals surface area contributed by atoms with Crippen molar-refractivity contribution in [3.8, 4) is 0 Å². The van der Waals surface area contributed by atoms with Crippen molar-refractivity contribution in [2.24, 2.45) is 0 Å². The van der Waals surface area contributed by atoms with E-state index in [1.54, 1.807) is 0 Å². The molecule has 3 aromatic rings. The Bertz CT molecular complexity index is 847. The van der Waals surface area contributed by atoms with Crippen LogP contribution in [0.15, 0.2) is 46.9 Å². The van der Waals surface area contributed by atoms with Gasteiger partial charge in [0.25, 0.3) is 5.91 Å². The van der Waals surface area contributed by atoms with Crippen LogP contribution in [0.1, 0.15) is 9.67 Å². The molecule has 1 aromatic heterocycles. The van der Waals surface area contributed by atoms with E-state index in [1.165, 1.54) is 11.3 Å². The van der Waals surface area contributed by atoms with Gasteiger partial charge in [0.05, 0.1) is 5.69 Å². The molecule has 0 saturated carbocycles. The van der Waals surface area contributed by atoms with Gasteiger partial charge in [-0.3, -0.25) is 4.79 Å². The molecule has 1 amide bonds. The number of nitrogens with one attached hydrogen (secondary N) is 1. The lowest BCUT2D eigenvalue weighted by Crippen LogP contribution is -2.11. The molecule has 0 bridgehead atoms. The number of nitrogens with two attached hydrogens (primary N) is 1. The van der Waals surface area contributed by atoms with Crippen LogP contribution in [0.4, 0.5) is 11.4 Å². The van der Waals surface area contributed by atoms with Crippen molar-refractivity contribution in [2.45, 2.75) is 0 Å². The molecule has 2 aromatic carbocycles. The summed E-state index contributed by atoms with van der Waals surface area (Å²) in [6, 6.07) is 13.5. The maximum Gasteiger partial charge on any atom is 0.267 e. The summed E-state index contributed by atoms with van der Waals surface area (Å²) in [4.78, 5) is 12.9. The van der Waals surface area contributed by atoms with Gasteiger partial charge in [-0.05, 0) is 52.9 Å². The van der Waals surface area contributed by atoms with Crippen molar-refractivity contribution in [1.82, 2.24) is 0 Å². The van der Waals surface area contributed by atoms with Gasteiger partial charge in [-0.1, -0.05) is 28.1 Å². The van der Waals surface area contributed by atoms with Crippen LogP contribution < -0.4 is 11.1 Å². The second-order valence-corrected chi connectivity index (χ2v) is 7.66. The van der Waals surface area contributed by atoms with Crippen molar-refractivity contribution >= 4 is 77.2 Å². The molecule has 3 rings (SSSR count). The van der Waals surface area contributed by atoms with E-state index in [-0.39, 0.29) is 5.91 Å². The lowest BCUT2D eigenvalue weighted by molar-refractivity contribution is 0.103. The first-order valence-electron chi connectivity index (χ1n) is 6.09. The van der Waals surface area contributed by atoms with Crippen LogP contribution in [-0.2, 0) is 0 Å². The number of halogens is 2. The van der Waals surface area contributed by atoms with E-state index in [9.17, 15) is 4.79 Å². The summed E-state index contributed by atoms with van der Waals surface area (Å²) in [6.45, 7) is 0. The number of carbonyl (C=O) groups is 1. The first kappa shape index (κ1) is 14.8. The number of thiophene rings is 1. The summed E-state index contributed by atoms with van der Waals surface area (Å²) in [7, 11) is 0. The van der Waals surface area contributed by atoms with Gasteiger partial charge in [0.15, 0.2) is 0 Å². The Morgan fingerprint density at radius 1 is 1.24 bits per heavy atom. The van der Waals surface area contributed by atoms with Gasteiger partial charge >= 0.3 is 0 Å². The second-order valence-electron chi connectivity index (χ2n) is 4.45. The molecule has 0 radical (unpaired) electrons. The Balaban J connectivity index is 1.96. The molecular formula is C15H10BrIN2OS. The molecule has 3 N–H and O–H groups in total. The van der Waals surface area contributed by atoms with Crippen molar-refractivity contribution in [3.05, 3.63) is 55.4 Å². The highest BCUT2D eigenvalue weighted by molar-refractivity contribution is 14.1. The summed E-state index contributed by atoms with van der Waals surface area (Å²) in [5.74, 6) is -0.174. The Labute approximate surface area is 147 Å². The monoisotopic (exact) mass is 472 g/mol. The molecular weight excluding hydrogens is 463 g/mol. The minimum absolute atomic E-state index is 0.174. The Kier molecular flexibility index (Phi) is 4.19. The van der Waals surface area contributed by atoms with Gasteiger partial charge in [-0.25, -0.2) is 0 Å². The summed E-state index contributed by atoms with van der Waals surface area (Å²) < 4.78 is 3.04. The summed E-state index contributed by atoms with van der Waals surface area (Å²) >= 11 is 7.04. The minimum Gasteiger partial charge on any atom is -0.397 e. The molecule has 3 nitrogen and oxygen atoms in total. The zero-order chi connectivity index (χ0) is 15.0. The number of amides is 1. The molecule has 0 aliphatic rings. The predicted octanol–water partition coefficient (Wildman–Crippen LogP) is 5.10. The number of carbonyl (C=O) groups excluding carboxylic acids is 1. The van der Waals surface area contributed by atoms with Crippen molar-refractivity contribution in [3.63, 3.8) is 0 Å². The van der Waals surface area contributed by atoms with E-state index in [0.29, 0.717) is 10.6 Å². The topological polar surface area (TPSA) is 55.1 Å². The van der Waals surface area contributed by atoms with E-state index in [0.717, 1.165) is 23.8 Å². The molecule has 21 heavy (non-hydrogen) atoms. The largest absolute Gasteiger partial charge is 0.397 e. The number of hydrogen-bond donors (Lipinski definition) is 2. The van der Waals surface area contributed by atoms with Gasteiger partial charge in [0, 0.05) is 23.8 Å². The highest BCUT2D eigenvalue weighted by atomic mass is 127. The fraction of sp³-hybridized carbons (Fsp3) is 0. The smallest absolute Gasteiger partial charge is 0.267 e. The number of fused-ring (bicyclic) bond motifs is 1. The summed E-state index contributed by atoms with van der Waals surface area (Å²) in [6.07, 6.45) is 0. The Morgan fingerprint density at radius 3 is 2.81 bits per heavy atom. The van der Waals surface area contributed by atoms with Crippen LogP contribution in [0.3, 0.4) is 0 Å². The van der Waals surface area contributed by atoms with E-state index in [4.69, 9.17) is 5.73 Å². The molecule has 0 spiro atoms. The molecule has 6 heteroatoms. The van der Waals surface area contributed by atoms with Crippen LogP contribution >= 0.6 is 49.9 Å². The van der Waals surface area contributed by atoms with E-state index < -0.39 is 0 Å². The molecule has 0 fully saturated rings. The second kappa shape index (κ2) is 5.94. The van der Waals surface area contributed by atoms with Crippen LogP contribution in [0.2, 0.25) is 0 Å². The standard InChI is InChI=1S/C15H10BrIN2OS/c16-8-4-5-11-12(6-8)21-14(13(11)18)15(20)19-10-3-1-2-9(17)7-10/h1-7H,18H2,(H,19,20). The normalized spacial score (nSPS) is 10.8. The molecule has 106 valence electrons. The third-order valence-corrected chi connectivity index (χ3v) is 5.31. The molecule has 0 saturated heterocycles. The lowest BCUT2D eigenvalue weighted by atomic mass is 10.2. The molecule has 1 heterocycles. The SMILES string of the molecule is Nc1c(C(=O)Nc2cccc(I)c2)sc2cc(Br)ccc12. The first-order valence-corrected chi connectivity index (χ1v) is 8.78. The average Bonchev–Trinajstić information content (AvgIpc) is 2.75. The highest BCUT2D eigenvalue weighted by Crippen LogP contribution is 2.35. The Hall–Kier alpha value is -1.12. The zero-order valence-electron chi connectivity index (χ0n) is 10.7. The first-order chi connectivity index (χ1) is 10.0. The fourth-order valence-corrected chi connectivity index (χ4v) is 4.13. The maximum atomic E-state index is 12.4. The summed E-state index contributed by atoms with van der Waals surface area (Å²) in [5.41, 5.74) is 7.41.